The summed E-state index contributed by atoms with van der Waals surface area (Å²) < 4.78 is 1.67. The minimum absolute atomic E-state index is 0. The fourth-order valence-electron chi connectivity index (χ4n) is 3.89. The number of carbonyl (C=O) groups excluding carboxylic acids is 1. The van der Waals surface area contributed by atoms with Crippen LogP contribution in [0.25, 0.3) is 0 Å². The number of benzene rings is 1. The average Bonchev–Trinajstić information content (AvgIpc) is 3.29. The van der Waals surface area contributed by atoms with Gasteiger partial charge >= 0.3 is 0 Å². The van der Waals surface area contributed by atoms with E-state index in [9.17, 15) is 4.79 Å². The van der Waals surface area contributed by atoms with Crippen molar-refractivity contribution in [3.63, 3.8) is 0 Å². The van der Waals surface area contributed by atoms with Gasteiger partial charge < -0.3 is 10.2 Å². The van der Waals surface area contributed by atoms with Gasteiger partial charge in [-0.2, -0.15) is 0 Å². The van der Waals surface area contributed by atoms with E-state index in [1.165, 1.54) is 0 Å². The summed E-state index contributed by atoms with van der Waals surface area (Å²) in [6, 6.07) is 9.68. The first-order valence-electron chi connectivity index (χ1n) is 8.50. The van der Waals surface area contributed by atoms with Crippen LogP contribution in [0.2, 0.25) is 0 Å². The second-order valence-corrected chi connectivity index (χ2v) is 6.80. The molecule has 1 amide bonds. The molecule has 134 valence electrons. The van der Waals surface area contributed by atoms with E-state index in [1.807, 2.05) is 42.2 Å². The fourth-order valence-corrected chi connectivity index (χ4v) is 3.89. The lowest BCUT2D eigenvalue weighted by Crippen LogP contribution is -2.39. The van der Waals surface area contributed by atoms with Crippen LogP contribution >= 0.6 is 12.4 Å². The summed E-state index contributed by atoms with van der Waals surface area (Å²) in [5.74, 6) is 1.97. The van der Waals surface area contributed by atoms with Gasteiger partial charge in [0.1, 0.15) is 11.9 Å². The number of aryl methyl sites for hydroxylation is 1. The molecule has 0 radical (unpaired) electrons. The van der Waals surface area contributed by atoms with Crippen molar-refractivity contribution in [3.8, 4) is 0 Å². The van der Waals surface area contributed by atoms with Crippen molar-refractivity contribution in [2.75, 3.05) is 26.2 Å². The van der Waals surface area contributed by atoms with Gasteiger partial charge in [-0.3, -0.25) is 4.79 Å². The van der Waals surface area contributed by atoms with Gasteiger partial charge in [0.25, 0.3) is 0 Å². The molecule has 1 aromatic heterocycles. The molecule has 3 heterocycles. The van der Waals surface area contributed by atoms with Crippen molar-refractivity contribution >= 4 is 18.3 Å². The van der Waals surface area contributed by atoms with E-state index >= 15 is 0 Å². The van der Waals surface area contributed by atoms with Crippen molar-refractivity contribution in [2.24, 2.45) is 11.8 Å². The van der Waals surface area contributed by atoms with Crippen molar-refractivity contribution < 1.29 is 4.79 Å². The first-order chi connectivity index (χ1) is 11.7. The summed E-state index contributed by atoms with van der Waals surface area (Å²) in [6.45, 7) is 5.54. The Morgan fingerprint density at radius 2 is 1.92 bits per heavy atom. The van der Waals surface area contributed by atoms with E-state index in [0.717, 1.165) is 31.7 Å². The topological polar surface area (TPSA) is 75.9 Å². The highest BCUT2D eigenvalue weighted by molar-refractivity contribution is 5.85. The second-order valence-electron chi connectivity index (χ2n) is 6.80. The standard InChI is InChI=1S/C17H22N6O.ClH/c1-12-19-20-21-23(12)16(7-13-5-3-2-4-6-13)17(24)22-10-14-8-18-9-15(14)11-22;/h2-6,14-16,18H,7-11H2,1H3;1H/t14-,15+,16?;. The number of tetrazole rings is 1. The molecule has 25 heavy (non-hydrogen) atoms. The second kappa shape index (κ2) is 7.49. The van der Waals surface area contributed by atoms with Crippen molar-refractivity contribution in [1.29, 1.82) is 0 Å². The molecule has 0 spiro atoms. The normalized spacial score (nSPS) is 23.2. The maximum atomic E-state index is 13.2. The molecule has 1 aromatic carbocycles. The smallest absolute Gasteiger partial charge is 0.247 e. The van der Waals surface area contributed by atoms with Crippen molar-refractivity contribution in [2.45, 2.75) is 19.4 Å². The zero-order valence-electron chi connectivity index (χ0n) is 14.2. The maximum absolute atomic E-state index is 13.2. The van der Waals surface area contributed by atoms with E-state index < -0.39 is 0 Å². The Morgan fingerprint density at radius 3 is 2.52 bits per heavy atom. The van der Waals surface area contributed by atoms with Crippen LogP contribution < -0.4 is 5.32 Å². The molecule has 2 aromatic rings. The Morgan fingerprint density at radius 1 is 1.24 bits per heavy atom. The number of likely N-dealkylation sites (tertiary alicyclic amines) is 1. The number of aromatic nitrogens is 4. The zero-order chi connectivity index (χ0) is 16.5. The van der Waals surface area contributed by atoms with Crippen LogP contribution in [0, 0.1) is 18.8 Å². The Balaban J connectivity index is 0.00000182. The number of rotatable bonds is 4. The van der Waals surface area contributed by atoms with Crippen LogP contribution in [0.3, 0.4) is 0 Å². The number of fused-ring (bicyclic) bond motifs is 1. The van der Waals surface area contributed by atoms with E-state index in [4.69, 9.17) is 0 Å². The van der Waals surface area contributed by atoms with Crippen LogP contribution in [-0.4, -0.2) is 57.2 Å². The Hall–Kier alpha value is -1.99. The fraction of sp³-hybridized carbons (Fsp3) is 0.529. The molecule has 2 fully saturated rings. The maximum Gasteiger partial charge on any atom is 0.247 e. The summed E-state index contributed by atoms with van der Waals surface area (Å²) in [4.78, 5) is 15.2. The quantitative estimate of drug-likeness (QED) is 0.873. The third-order valence-electron chi connectivity index (χ3n) is 5.21. The van der Waals surface area contributed by atoms with Crippen LogP contribution in [0.1, 0.15) is 17.4 Å². The van der Waals surface area contributed by atoms with Crippen molar-refractivity contribution in [1.82, 2.24) is 30.4 Å². The highest BCUT2D eigenvalue weighted by Crippen LogP contribution is 2.29. The lowest BCUT2D eigenvalue weighted by atomic mass is 10.0. The number of nitrogens with zero attached hydrogens (tertiary/aromatic N) is 5. The SMILES string of the molecule is Cc1nnnn1C(Cc1ccccc1)C(=O)N1C[C@H]2CNC[C@H]2C1.Cl. The van der Waals surface area contributed by atoms with E-state index in [-0.39, 0.29) is 24.4 Å². The van der Waals surface area contributed by atoms with Gasteiger partial charge in [-0.15, -0.1) is 17.5 Å². The molecule has 2 saturated heterocycles. The molecule has 4 rings (SSSR count). The van der Waals surface area contributed by atoms with Gasteiger partial charge in [-0.25, -0.2) is 4.68 Å². The summed E-state index contributed by atoms with van der Waals surface area (Å²) in [5, 5.41) is 15.2. The number of hydrogen-bond donors (Lipinski definition) is 1. The zero-order valence-corrected chi connectivity index (χ0v) is 15.0. The molecule has 7 nitrogen and oxygen atoms in total. The Bertz CT molecular complexity index is 709. The molecular weight excluding hydrogens is 340 g/mol. The lowest BCUT2D eigenvalue weighted by Gasteiger charge is -2.24. The van der Waals surface area contributed by atoms with Crippen LogP contribution in [0.15, 0.2) is 30.3 Å². The molecule has 2 aliphatic heterocycles. The number of nitrogens with one attached hydrogen (secondary N) is 1. The number of amides is 1. The van der Waals surface area contributed by atoms with Crippen LogP contribution in [0.5, 0.6) is 0 Å². The van der Waals surface area contributed by atoms with Gasteiger partial charge in [0, 0.05) is 32.6 Å². The summed E-state index contributed by atoms with van der Waals surface area (Å²) in [5.41, 5.74) is 1.12. The highest BCUT2D eigenvalue weighted by Gasteiger charge is 2.40. The number of carbonyl (C=O) groups is 1. The van der Waals surface area contributed by atoms with Crippen LogP contribution in [-0.2, 0) is 11.2 Å². The summed E-state index contributed by atoms with van der Waals surface area (Å²) >= 11 is 0. The molecule has 0 saturated carbocycles. The summed E-state index contributed by atoms with van der Waals surface area (Å²) in [7, 11) is 0. The number of halogens is 1. The molecule has 3 atom stereocenters. The van der Waals surface area contributed by atoms with E-state index in [2.05, 4.69) is 20.8 Å². The lowest BCUT2D eigenvalue weighted by molar-refractivity contribution is -0.134. The third kappa shape index (κ3) is 3.52. The molecule has 0 bridgehead atoms. The van der Waals surface area contributed by atoms with Gasteiger partial charge in [0.05, 0.1) is 0 Å². The largest absolute Gasteiger partial charge is 0.340 e. The minimum Gasteiger partial charge on any atom is -0.340 e. The van der Waals surface area contributed by atoms with E-state index in [1.54, 1.807) is 4.68 Å². The summed E-state index contributed by atoms with van der Waals surface area (Å²) in [6.07, 6.45) is 0.607. The molecule has 1 N–H and O–H groups in total. The van der Waals surface area contributed by atoms with Crippen LogP contribution in [0.4, 0.5) is 0 Å². The Labute approximate surface area is 153 Å². The first kappa shape index (κ1) is 17.8. The minimum atomic E-state index is -0.380. The molecular formula is C17H23ClN6O. The van der Waals surface area contributed by atoms with E-state index in [0.29, 0.717) is 24.1 Å². The van der Waals surface area contributed by atoms with Crippen molar-refractivity contribution in [3.05, 3.63) is 41.7 Å². The van der Waals surface area contributed by atoms with Gasteiger partial charge in [0.2, 0.25) is 5.91 Å². The van der Waals surface area contributed by atoms with Gasteiger partial charge in [-0.1, -0.05) is 30.3 Å². The molecule has 1 unspecified atom stereocenters. The third-order valence-corrected chi connectivity index (χ3v) is 5.21. The highest BCUT2D eigenvalue weighted by atomic mass is 35.5. The molecule has 2 aliphatic rings. The average molecular weight is 363 g/mol. The van der Waals surface area contributed by atoms with Gasteiger partial charge in [0.15, 0.2) is 0 Å². The molecule has 8 heteroatoms. The predicted molar refractivity (Wildman–Crippen MR) is 95.4 cm³/mol. The molecule has 0 aliphatic carbocycles. The van der Waals surface area contributed by atoms with Gasteiger partial charge in [-0.05, 0) is 34.7 Å². The monoisotopic (exact) mass is 362 g/mol. The first-order valence-corrected chi connectivity index (χ1v) is 8.50. The number of hydrogen-bond acceptors (Lipinski definition) is 5. The predicted octanol–water partition coefficient (Wildman–Crippen LogP) is 0.865. The Kier molecular flexibility index (Phi) is 5.34.